The van der Waals surface area contributed by atoms with Crippen molar-refractivity contribution in [2.24, 2.45) is 11.1 Å². The van der Waals surface area contributed by atoms with Crippen molar-refractivity contribution < 1.29 is 13.2 Å². The molecule has 2 heterocycles. The van der Waals surface area contributed by atoms with Crippen molar-refractivity contribution in [3.8, 4) is 0 Å². The van der Waals surface area contributed by atoms with Crippen LogP contribution in [0.5, 0.6) is 0 Å². The van der Waals surface area contributed by atoms with Crippen LogP contribution in [0.1, 0.15) is 26.7 Å². The van der Waals surface area contributed by atoms with Crippen molar-refractivity contribution in [1.82, 2.24) is 14.7 Å². The molecule has 0 unspecified atom stereocenters. The van der Waals surface area contributed by atoms with E-state index in [0.29, 0.717) is 18.4 Å². The topological polar surface area (TPSA) is 86.9 Å². The second kappa shape index (κ2) is 7.92. The quantitative estimate of drug-likeness (QED) is 0.728. The van der Waals surface area contributed by atoms with Gasteiger partial charge in [0.15, 0.2) is 0 Å². The molecule has 7 nitrogen and oxygen atoms in total. The Hall–Kier alpha value is -0.700. The first kappa shape index (κ1) is 18.6. The van der Waals surface area contributed by atoms with Crippen LogP contribution in [-0.4, -0.2) is 86.6 Å². The molecule has 2 fully saturated rings. The van der Waals surface area contributed by atoms with Crippen LogP contribution >= 0.6 is 0 Å². The maximum absolute atomic E-state index is 11.5. The molecule has 23 heavy (non-hydrogen) atoms. The van der Waals surface area contributed by atoms with Crippen LogP contribution in [0.2, 0.25) is 0 Å². The Balaban J connectivity index is 1.82. The summed E-state index contributed by atoms with van der Waals surface area (Å²) >= 11 is 0. The Morgan fingerprint density at radius 1 is 1.17 bits per heavy atom. The van der Waals surface area contributed by atoms with Crippen molar-refractivity contribution in [2.45, 2.75) is 32.7 Å². The molecule has 0 saturated carbocycles. The van der Waals surface area contributed by atoms with E-state index in [1.807, 2.05) is 4.90 Å². The zero-order valence-electron chi connectivity index (χ0n) is 14.3. The Labute approximate surface area is 139 Å². The Morgan fingerprint density at radius 3 is 2.57 bits per heavy atom. The third-order valence-corrected chi connectivity index (χ3v) is 5.85. The molecule has 2 N–H and O–H groups in total. The van der Waals surface area contributed by atoms with E-state index in [1.165, 1.54) is 0 Å². The van der Waals surface area contributed by atoms with E-state index in [2.05, 4.69) is 16.7 Å². The number of carbonyl (C=O) groups excluding carboxylic acids is 1. The zero-order valence-corrected chi connectivity index (χ0v) is 15.1. The fraction of sp³-hybridized carbons (Fsp3) is 0.933. The maximum atomic E-state index is 11.5. The van der Waals surface area contributed by atoms with Crippen LogP contribution in [0, 0.1) is 5.92 Å². The number of amides is 1. The Bertz CT molecular complexity index is 511. The molecule has 0 bridgehead atoms. The number of hydrogen-bond acceptors (Lipinski definition) is 5. The van der Waals surface area contributed by atoms with Gasteiger partial charge in [-0.15, -0.1) is 0 Å². The van der Waals surface area contributed by atoms with Crippen LogP contribution in [0.3, 0.4) is 0 Å². The number of hydrogen-bond donors (Lipinski definition) is 1. The van der Waals surface area contributed by atoms with E-state index >= 15 is 0 Å². The van der Waals surface area contributed by atoms with Crippen LogP contribution in [0.4, 0.5) is 0 Å². The Kier molecular flexibility index (Phi) is 6.41. The lowest BCUT2D eigenvalue weighted by atomic mass is 10.0. The minimum Gasteiger partial charge on any atom is -0.342 e. The number of likely N-dealkylation sites (tertiary alicyclic amines) is 1. The minimum atomic E-state index is -3.36. The normalized spacial score (nSPS) is 28.0. The summed E-state index contributed by atoms with van der Waals surface area (Å²) in [6.07, 6.45) is 1.62. The van der Waals surface area contributed by atoms with Gasteiger partial charge in [0.05, 0.1) is 5.75 Å². The summed E-state index contributed by atoms with van der Waals surface area (Å²) in [5.74, 6) is 0.782. The first-order chi connectivity index (χ1) is 10.8. The van der Waals surface area contributed by atoms with Crippen LogP contribution in [0.25, 0.3) is 0 Å². The molecular weight excluding hydrogens is 316 g/mol. The highest BCUT2D eigenvalue weighted by molar-refractivity contribution is 7.89. The van der Waals surface area contributed by atoms with E-state index < -0.39 is 10.0 Å². The highest BCUT2D eigenvalue weighted by atomic mass is 32.2. The van der Waals surface area contributed by atoms with Gasteiger partial charge in [-0.2, -0.15) is 0 Å². The second-order valence-electron chi connectivity index (χ2n) is 6.92. The summed E-state index contributed by atoms with van der Waals surface area (Å²) in [4.78, 5) is 18.3. The summed E-state index contributed by atoms with van der Waals surface area (Å²) in [5, 5.41) is 5.06. The van der Waals surface area contributed by atoms with Gasteiger partial charge < -0.3 is 9.80 Å². The van der Waals surface area contributed by atoms with Gasteiger partial charge in [0, 0.05) is 52.2 Å². The van der Waals surface area contributed by atoms with Gasteiger partial charge in [0.1, 0.15) is 0 Å². The molecule has 0 aromatic carbocycles. The van der Waals surface area contributed by atoms with Crippen molar-refractivity contribution in [1.29, 1.82) is 0 Å². The minimum absolute atomic E-state index is 0.0554. The molecule has 2 aliphatic rings. The Morgan fingerprint density at radius 2 is 1.91 bits per heavy atom. The van der Waals surface area contributed by atoms with Gasteiger partial charge in [-0.05, 0) is 25.3 Å². The lowest BCUT2D eigenvalue weighted by Gasteiger charge is -2.30. The lowest BCUT2D eigenvalue weighted by Crippen LogP contribution is -2.43. The second-order valence-corrected chi connectivity index (χ2v) is 8.65. The third-order valence-electron chi connectivity index (χ3n) is 5.00. The summed E-state index contributed by atoms with van der Waals surface area (Å²) in [6, 6.07) is 0.497. The van der Waals surface area contributed by atoms with Crippen LogP contribution < -0.4 is 5.14 Å². The highest BCUT2D eigenvalue weighted by Gasteiger charge is 2.34. The molecule has 0 spiro atoms. The van der Waals surface area contributed by atoms with Crippen molar-refractivity contribution in [3.05, 3.63) is 0 Å². The molecule has 0 aliphatic carbocycles. The molecule has 1 amide bonds. The third kappa shape index (κ3) is 5.70. The predicted molar refractivity (Wildman–Crippen MR) is 90.4 cm³/mol. The molecule has 2 atom stereocenters. The van der Waals surface area contributed by atoms with Gasteiger partial charge >= 0.3 is 0 Å². The first-order valence-corrected chi connectivity index (χ1v) is 10.2. The van der Waals surface area contributed by atoms with Gasteiger partial charge in [0.25, 0.3) is 0 Å². The van der Waals surface area contributed by atoms with Crippen molar-refractivity contribution in [3.63, 3.8) is 0 Å². The molecular formula is C15H30N4O3S. The van der Waals surface area contributed by atoms with E-state index in [1.54, 1.807) is 6.92 Å². The summed E-state index contributed by atoms with van der Waals surface area (Å²) in [5.41, 5.74) is 0. The first-order valence-electron chi connectivity index (χ1n) is 8.48. The molecule has 0 aromatic heterocycles. The summed E-state index contributed by atoms with van der Waals surface area (Å²) < 4.78 is 22.0. The highest BCUT2D eigenvalue weighted by Crippen LogP contribution is 2.23. The molecule has 2 aliphatic heterocycles. The van der Waals surface area contributed by atoms with E-state index in [-0.39, 0.29) is 11.7 Å². The molecule has 0 aromatic rings. The smallest absolute Gasteiger partial charge is 0.219 e. The zero-order chi connectivity index (χ0) is 17.0. The predicted octanol–water partition coefficient (Wildman–Crippen LogP) is -0.460. The maximum Gasteiger partial charge on any atom is 0.219 e. The molecule has 0 radical (unpaired) electrons. The average molecular weight is 346 g/mol. The monoisotopic (exact) mass is 346 g/mol. The molecule has 2 rings (SSSR count). The molecule has 2 saturated heterocycles. The SMILES string of the molecule is CC(=O)N1CCCN([C@H]2CN(CCCS(N)(=O)=O)C[C@@H]2C)CC1. The number of carbonyl (C=O) groups is 1. The van der Waals surface area contributed by atoms with Gasteiger partial charge in [-0.25, -0.2) is 13.6 Å². The van der Waals surface area contributed by atoms with Crippen LogP contribution in [-0.2, 0) is 14.8 Å². The van der Waals surface area contributed by atoms with Crippen LogP contribution in [0.15, 0.2) is 0 Å². The number of primary sulfonamides is 1. The van der Waals surface area contributed by atoms with Gasteiger partial charge in [-0.3, -0.25) is 9.69 Å². The summed E-state index contributed by atoms with van der Waals surface area (Å²) in [7, 11) is -3.36. The van der Waals surface area contributed by atoms with Crippen molar-refractivity contribution >= 4 is 15.9 Å². The van der Waals surface area contributed by atoms with E-state index in [0.717, 1.165) is 52.2 Å². The van der Waals surface area contributed by atoms with E-state index in [9.17, 15) is 13.2 Å². The fourth-order valence-electron chi connectivity index (χ4n) is 3.78. The van der Waals surface area contributed by atoms with E-state index in [4.69, 9.17) is 5.14 Å². The summed E-state index contributed by atoms with van der Waals surface area (Å²) in [6.45, 7) is 10.3. The van der Waals surface area contributed by atoms with Crippen molar-refractivity contribution in [2.75, 3.05) is 51.6 Å². The largest absolute Gasteiger partial charge is 0.342 e. The molecule has 134 valence electrons. The number of nitrogens with zero attached hydrogens (tertiary/aromatic N) is 3. The van der Waals surface area contributed by atoms with Gasteiger partial charge in [0.2, 0.25) is 15.9 Å². The lowest BCUT2D eigenvalue weighted by molar-refractivity contribution is -0.128. The standard InChI is InChI=1S/C15H30N4O3S/c1-13-11-17(5-4-10-23(16,21)22)12-15(13)19-7-3-6-18(8-9-19)14(2)20/h13,15H,3-12H2,1-2H3,(H2,16,21,22)/t13-,15-/m0/s1. The average Bonchev–Trinajstić information content (AvgIpc) is 2.66. The number of nitrogens with two attached hydrogens (primary N) is 1. The number of rotatable bonds is 5. The molecule has 8 heteroatoms. The van der Waals surface area contributed by atoms with Gasteiger partial charge in [-0.1, -0.05) is 6.92 Å². The number of sulfonamides is 1. The fourth-order valence-corrected chi connectivity index (χ4v) is 4.31.